The summed E-state index contributed by atoms with van der Waals surface area (Å²) >= 11 is 6.33. The predicted molar refractivity (Wildman–Crippen MR) is 77.0 cm³/mol. The van der Waals surface area contributed by atoms with Crippen molar-refractivity contribution in [2.75, 3.05) is 0 Å². The molecule has 3 heteroatoms. The quantitative estimate of drug-likeness (QED) is 0.889. The first-order valence-corrected chi connectivity index (χ1v) is 7.09. The van der Waals surface area contributed by atoms with Crippen LogP contribution in [0.3, 0.4) is 0 Å². The molecule has 0 atom stereocenters. The molecule has 0 aliphatic heterocycles. The van der Waals surface area contributed by atoms with Crippen LogP contribution in [0.2, 0.25) is 5.02 Å². The molecule has 1 saturated carbocycles. The van der Waals surface area contributed by atoms with Gasteiger partial charge in [-0.15, -0.1) is 0 Å². The minimum atomic E-state index is 0.697. The lowest BCUT2D eigenvalue weighted by Crippen LogP contribution is -2.25. The SMILES string of the molecule is Cn1cc(CNC2CCCC2)c2c(Cl)cccc21. The third-order valence-electron chi connectivity index (χ3n) is 3.98. The number of hydrogen-bond acceptors (Lipinski definition) is 1. The van der Waals surface area contributed by atoms with Crippen LogP contribution in [0.15, 0.2) is 24.4 Å². The van der Waals surface area contributed by atoms with E-state index in [1.807, 2.05) is 12.1 Å². The van der Waals surface area contributed by atoms with Crippen molar-refractivity contribution in [1.82, 2.24) is 9.88 Å². The summed E-state index contributed by atoms with van der Waals surface area (Å²) in [7, 11) is 2.08. The van der Waals surface area contributed by atoms with Crippen LogP contribution in [-0.2, 0) is 13.6 Å². The van der Waals surface area contributed by atoms with E-state index in [2.05, 4.69) is 29.2 Å². The van der Waals surface area contributed by atoms with E-state index < -0.39 is 0 Å². The summed E-state index contributed by atoms with van der Waals surface area (Å²) in [6.07, 6.45) is 7.57. The second kappa shape index (κ2) is 4.94. The first kappa shape index (κ1) is 12.1. The smallest absolute Gasteiger partial charge is 0.0503 e. The molecule has 1 aliphatic carbocycles. The number of aryl methyl sites for hydroxylation is 1. The molecule has 0 saturated heterocycles. The Kier molecular flexibility index (Phi) is 3.31. The molecule has 0 amide bonds. The monoisotopic (exact) mass is 262 g/mol. The Balaban J connectivity index is 1.87. The van der Waals surface area contributed by atoms with Crippen molar-refractivity contribution in [3.8, 4) is 0 Å². The summed E-state index contributed by atoms with van der Waals surface area (Å²) in [6, 6.07) is 6.81. The molecule has 96 valence electrons. The fourth-order valence-corrected chi connectivity index (χ4v) is 3.30. The molecule has 0 radical (unpaired) electrons. The van der Waals surface area contributed by atoms with E-state index in [0.29, 0.717) is 6.04 Å². The standard InChI is InChI=1S/C15H19ClN2/c1-18-10-11(9-17-12-5-2-3-6-12)15-13(16)7-4-8-14(15)18/h4,7-8,10,12,17H,2-3,5-6,9H2,1H3. The Morgan fingerprint density at radius 2 is 2.11 bits per heavy atom. The Bertz CT molecular complexity index is 553. The van der Waals surface area contributed by atoms with Crippen molar-refractivity contribution in [2.45, 2.75) is 38.3 Å². The van der Waals surface area contributed by atoms with Crippen LogP contribution in [0.1, 0.15) is 31.2 Å². The second-order valence-corrected chi connectivity index (χ2v) is 5.67. The number of rotatable bonds is 3. The van der Waals surface area contributed by atoms with Crippen LogP contribution in [-0.4, -0.2) is 10.6 Å². The Hall–Kier alpha value is -0.990. The van der Waals surface area contributed by atoms with Crippen LogP contribution in [0, 0.1) is 0 Å². The Morgan fingerprint density at radius 3 is 2.89 bits per heavy atom. The minimum Gasteiger partial charge on any atom is -0.350 e. The van der Waals surface area contributed by atoms with E-state index in [0.717, 1.165) is 11.6 Å². The van der Waals surface area contributed by atoms with Crippen LogP contribution in [0.5, 0.6) is 0 Å². The summed E-state index contributed by atoms with van der Waals surface area (Å²) in [4.78, 5) is 0. The molecule has 0 bridgehead atoms. The van der Waals surface area contributed by atoms with Gasteiger partial charge < -0.3 is 9.88 Å². The minimum absolute atomic E-state index is 0.697. The zero-order chi connectivity index (χ0) is 12.5. The first-order valence-electron chi connectivity index (χ1n) is 6.71. The van der Waals surface area contributed by atoms with E-state index in [1.54, 1.807) is 0 Å². The molecule has 1 N–H and O–H groups in total. The molecular formula is C15H19ClN2. The van der Waals surface area contributed by atoms with Crippen molar-refractivity contribution < 1.29 is 0 Å². The maximum absolute atomic E-state index is 6.33. The molecule has 3 rings (SSSR count). The van der Waals surface area contributed by atoms with Gasteiger partial charge in [0.1, 0.15) is 0 Å². The lowest BCUT2D eigenvalue weighted by molar-refractivity contribution is 0.525. The van der Waals surface area contributed by atoms with Gasteiger partial charge in [-0.25, -0.2) is 0 Å². The van der Waals surface area contributed by atoms with Crippen LogP contribution >= 0.6 is 11.6 Å². The maximum atomic E-state index is 6.33. The highest BCUT2D eigenvalue weighted by Gasteiger charge is 2.15. The zero-order valence-corrected chi connectivity index (χ0v) is 11.5. The van der Waals surface area contributed by atoms with E-state index in [1.165, 1.54) is 42.1 Å². The van der Waals surface area contributed by atoms with E-state index in [9.17, 15) is 0 Å². The van der Waals surface area contributed by atoms with Gasteiger partial charge in [0.15, 0.2) is 0 Å². The fraction of sp³-hybridized carbons (Fsp3) is 0.467. The summed E-state index contributed by atoms with van der Waals surface area (Å²) in [5, 5.41) is 5.72. The molecule has 2 nitrogen and oxygen atoms in total. The van der Waals surface area contributed by atoms with Gasteiger partial charge in [0.2, 0.25) is 0 Å². The fourth-order valence-electron chi connectivity index (χ4n) is 3.01. The van der Waals surface area contributed by atoms with Crippen molar-refractivity contribution in [2.24, 2.45) is 7.05 Å². The molecule has 1 aliphatic rings. The molecule has 1 heterocycles. The van der Waals surface area contributed by atoms with Gasteiger partial charge >= 0.3 is 0 Å². The van der Waals surface area contributed by atoms with Crippen molar-refractivity contribution >= 4 is 22.5 Å². The van der Waals surface area contributed by atoms with Gasteiger partial charge in [0.05, 0.1) is 5.02 Å². The largest absolute Gasteiger partial charge is 0.350 e. The topological polar surface area (TPSA) is 17.0 Å². The van der Waals surface area contributed by atoms with Gasteiger partial charge in [0.25, 0.3) is 0 Å². The maximum Gasteiger partial charge on any atom is 0.0503 e. The number of benzene rings is 1. The molecule has 1 aromatic heterocycles. The van der Waals surface area contributed by atoms with Gasteiger partial charge in [-0.1, -0.05) is 30.5 Å². The lowest BCUT2D eigenvalue weighted by Gasteiger charge is -2.11. The predicted octanol–water partition coefficient (Wildman–Crippen LogP) is 3.86. The van der Waals surface area contributed by atoms with Crippen molar-refractivity contribution in [1.29, 1.82) is 0 Å². The van der Waals surface area contributed by atoms with Crippen LogP contribution in [0.25, 0.3) is 10.9 Å². The zero-order valence-electron chi connectivity index (χ0n) is 10.7. The Labute approximate surface area is 113 Å². The highest BCUT2D eigenvalue weighted by molar-refractivity contribution is 6.35. The summed E-state index contributed by atoms with van der Waals surface area (Å²) in [5.41, 5.74) is 2.52. The number of halogens is 1. The molecule has 0 spiro atoms. The number of nitrogens with one attached hydrogen (secondary N) is 1. The number of aromatic nitrogens is 1. The normalized spacial score (nSPS) is 16.8. The average Bonchev–Trinajstić information content (AvgIpc) is 2.96. The molecule has 1 fully saturated rings. The van der Waals surface area contributed by atoms with Crippen molar-refractivity contribution in [3.63, 3.8) is 0 Å². The van der Waals surface area contributed by atoms with Gasteiger partial charge in [-0.3, -0.25) is 0 Å². The number of fused-ring (bicyclic) bond motifs is 1. The van der Waals surface area contributed by atoms with E-state index in [-0.39, 0.29) is 0 Å². The highest BCUT2D eigenvalue weighted by Crippen LogP contribution is 2.28. The van der Waals surface area contributed by atoms with Crippen LogP contribution in [0.4, 0.5) is 0 Å². The summed E-state index contributed by atoms with van der Waals surface area (Å²) in [5.74, 6) is 0. The van der Waals surface area contributed by atoms with E-state index in [4.69, 9.17) is 11.6 Å². The van der Waals surface area contributed by atoms with Crippen LogP contribution < -0.4 is 5.32 Å². The molecule has 0 unspecified atom stereocenters. The summed E-state index contributed by atoms with van der Waals surface area (Å²) in [6.45, 7) is 0.922. The summed E-state index contributed by atoms with van der Waals surface area (Å²) < 4.78 is 2.16. The molecule has 18 heavy (non-hydrogen) atoms. The van der Waals surface area contributed by atoms with Gasteiger partial charge in [0, 0.05) is 36.7 Å². The lowest BCUT2D eigenvalue weighted by atomic mass is 10.1. The Morgan fingerprint density at radius 1 is 1.33 bits per heavy atom. The van der Waals surface area contributed by atoms with E-state index >= 15 is 0 Å². The van der Waals surface area contributed by atoms with Gasteiger partial charge in [-0.05, 0) is 30.5 Å². The first-order chi connectivity index (χ1) is 8.75. The molecular weight excluding hydrogens is 244 g/mol. The number of hydrogen-bond donors (Lipinski definition) is 1. The number of nitrogens with zero attached hydrogens (tertiary/aromatic N) is 1. The second-order valence-electron chi connectivity index (χ2n) is 5.26. The molecule has 2 aromatic rings. The third kappa shape index (κ3) is 2.15. The average molecular weight is 263 g/mol. The molecule has 1 aromatic carbocycles. The highest BCUT2D eigenvalue weighted by atomic mass is 35.5. The third-order valence-corrected chi connectivity index (χ3v) is 4.29. The van der Waals surface area contributed by atoms with Gasteiger partial charge in [-0.2, -0.15) is 0 Å². The van der Waals surface area contributed by atoms with Crippen molar-refractivity contribution in [3.05, 3.63) is 35.0 Å².